The fourth-order valence-corrected chi connectivity index (χ4v) is 3.04. The minimum absolute atomic E-state index is 0.201. The zero-order valence-electron chi connectivity index (χ0n) is 13.4. The van der Waals surface area contributed by atoms with Gasteiger partial charge in [-0.25, -0.2) is 0 Å². The van der Waals surface area contributed by atoms with Crippen molar-refractivity contribution in [2.45, 2.75) is 76.4 Å². The molecule has 0 aliphatic heterocycles. The molecular formula is C16H31NO2. The Bertz CT molecular complexity index is 289. The van der Waals surface area contributed by atoms with Crippen LogP contribution in [0.3, 0.4) is 0 Å². The monoisotopic (exact) mass is 269 g/mol. The van der Waals surface area contributed by atoms with Crippen molar-refractivity contribution in [3.63, 3.8) is 0 Å². The summed E-state index contributed by atoms with van der Waals surface area (Å²) in [6.45, 7) is 4.10. The summed E-state index contributed by atoms with van der Waals surface area (Å²) in [6.07, 6.45) is 8.36. The second kappa shape index (κ2) is 6.85. The van der Waals surface area contributed by atoms with E-state index in [-0.39, 0.29) is 11.1 Å². The van der Waals surface area contributed by atoms with Gasteiger partial charge >= 0.3 is 0 Å². The van der Waals surface area contributed by atoms with Gasteiger partial charge in [0, 0.05) is 13.5 Å². The molecule has 0 bridgehead atoms. The molecule has 1 rings (SSSR count). The van der Waals surface area contributed by atoms with Gasteiger partial charge < -0.3 is 4.74 Å². The van der Waals surface area contributed by atoms with E-state index in [4.69, 9.17) is 4.74 Å². The first-order valence-electron chi connectivity index (χ1n) is 7.60. The predicted octanol–water partition coefficient (Wildman–Crippen LogP) is 3.42. The minimum atomic E-state index is -0.222. The molecule has 1 fully saturated rings. The first kappa shape index (κ1) is 16.6. The van der Waals surface area contributed by atoms with Crippen LogP contribution >= 0.6 is 0 Å². The highest BCUT2D eigenvalue weighted by molar-refractivity contribution is 5.88. The number of hydrogen-bond donors (Lipinski definition) is 0. The van der Waals surface area contributed by atoms with Crippen molar-refractivity contribution in [2.75, 3.05) is 21.2 Å². The van der Waals surface area contributed by atoms with E-state index in [2.05, 4.69) is 32.8 Å². The molecule has 0 saturated heterocycles. The Kier molecular flexibility index (Phi) is 6.00. The largest absolute Gasteiger partial charge is 0.379 e. The molecule has 0 heterocycles. The second-order valence-corrected chi connectivity index (χ2v) is 6.73. The lowest BCUT2D eigenvalue weighted by Crippen LogP contribution is -2.51. The summed E-state index contributed by atoms with van der Waals surface area (Å²) in [5, 5.41) is 0. The molecule has 3 heteroatoms. The first-order valence-corrected chi connectivity index (χ1v) is 7.60. The molecule has 0 aromatic carbocycles. The molecule has 0 amide bonds. The van der Waals surface area contributed by atoms with E-state index in [9.17, 15) is 4.79 Å². The molecule has 1 aliphatic rings. The summed E-state index contributed by atoms with van der Waals surface area (Å²) in [6, 6.07) is 0. The van der Waals surface area contributed by atoms with Crippen molar-refractivity contribution >= 4 is 5.78 Å². The molecule has 19 heavy (non-hydrogen) atoms. The van der Waals surface area contributed by atoms with Crippen LogP contribution < -0.4 is 0 Å². The van der Waals surface area contributed by atoms with E-state index in [1.807, 2.05) is 0 Å². The Morgan fingerprint density at radius 1 is 1.16 bits per heavy atom. The molecular weight excluding hydrogens is 238 g/mol. The van der Waals surface area contributed by atoms with Gasteiger partial charge in [-0.2, -0.15) is 0 Å². The lowest BCUT2D eigenvalue weighted by molar-refractivity contribution is -0.132. The van der Waals surface area contributed by atoms with E-state index in [1.165, 1.54) is 25.7 Å². The number of likely N-dealkylation sites (N-methyl/N-ethyl adjacent to an activating group) is 1. The molecule has 0 radical (unpaired) electrons. The highest BCUT2D eigenvalue weighted by Gasteiger charge is 2.40. The van der Waals surface area contributed by atoms with Gasteiger partial charge in [0.25, 0.3) is 0 Å². The maximum atomic E-state index is 12.8. The van der Waals surface area contributed by atoms with Gasteiger partial charge in [-0.15, -0.1) is 0 Å². The van der Waals surface area contributed by atoms with E-state index in [0.717, 1.165) is 19.3 Å². The molecule has 0 spiro atoms. The highest BCUT2D eigenvalue weighted by atomic mass is 16.5. The number of carbonyl (C=O) groups is 1. The summed E-state index contributed by atoms with van der Waals surface area (Å²) < 4.78 is 5.43. The zero-order chi connectivity index (χ0) is 14.5. The smallest absolute Gasteiger partial charge is 0.153 e. The quantitative estimate of drug-likeness (QED) is 0.692. The Hall–Kier alpha value is -0.410. The van der Waals surface area contributed by atoms with Gasteiger partial charge in [-0.1, -0.05) is 25.7 Å². The number of nitrogens with zero attached hydrogens (tertiary/aromatic N) is 1. The Morgan fingerprint density at radius 3 is 2.11 bits per heavy atom. The van der Waals surface area contributed by atoms with Crippen molar-refractivity contribution in [1.29, 1.82) is 0 Å². The summed E-state index contributed by atoms with van der Waals surface area (Å²) in [5.74, 6) is 0.407. The molecule has 0 atom stereocenters. The van der Waals surface area contributed by atoms with Crippen LogP contribution in [0.4, 0.5) is 0 Å². The lowest BCUT2D eigenvalue weighted by atomic mass is 9.81. The van der Waals surface area contributed by atoms with Crippen molar-refractivity contribution in [2.24, 2.45) is 0 Å². The van der Waals surface area contributed by atoms with Crippen LogP contribution in [0, 0.1) is 0 Å². The third kappa shape index (κ3) is 4.28. The number of ether oxygens (including phenoxy) is 1. The van der Waals surface area contributed by atoms with E-state index in [0.29, 0.717) is 12.2 Å². The summed E-state index contributed by atoms with van der Waals surface area (Å²) in [7, 11) is 5.84. The highest BCUT2D eigenvalue weighted by Crippen LogP contribution is 2.34. The molecule has 0 unspecified atom stereocenters. The topological polar surface area (TPSA) is 29.5 Å². The van der Waals surface area contributed by atoms with Crippen molar-refractivity contribution in [3.05, 3.63) is 0 Å². The number of ketones is 1. The summed E-state index contributed by atoms with van der Waals surface area (Å²) in [5.41, 5.74) is -0.422. The molecule has 0 aromatic heterocycles. The molecule has 1 saturated carbocycles. The van der Waals surface area contributed by atoms with Gasteiger partial charge in [-0.3, -0.25) is 9.69 Å². The van der Waals surface area contributed by atoms with Gasteiger partial charge in [-0.05, 0) is 47.2 Å². The van der Waals surface area contributed by atoms with Crippen LogP contribution in [0.2, 0.25) is 0 Å². The van der Waals surface area contributed by atoms with Crippen LogP contribution in [0.1, 0.15) is 65.2 Å². The van der Waals surface area contributed by atoms with Crippen LogP contribution in [-0.4, -0.2) is 43.0 Å². The average molecular weight is 269 g/mol. The fourth-order valence-electron chi connectivity index (χ4n) is 3.04. The van der Waals surface area contributed by atoms with E-state index >= 15 is 0 Å². The summed E-state index contributed by atoms with van der Waals surface area (Å²) in [4.78, 5) is 14.9. The molecule has 0 aromatic rings. The Labute approximate surface area is 118 Å². The van der Waals surface area contributed by atoms with Gasteiger partial charge in [0.15, 0.2) is 5.78 Å². The van der Waals surface area contributed by atoms with Gasteiger partial charge in [0.2, 0.25) is 0 Å². The fraction of sp³-hybridized carbons (Fsp3) is 0.938. The van der Waals surface area contributed by atoms with Crippen molar-refractivity contribution < 1.29 is 9.53 Å². The zero-order valence-corrected chi connectivity index (χ0v) is 13.4. The summed E-state index contributed by atoms with van der Waals surface area (Å²) >= 11 is 0. The van der Waals surface area contributed by atoms with Gasteiger partial charge in [0.05, 0.1) is 11.1 Å². The first-order chi connectivity index (χ1) is 8.84. The minimum Gasteiger partial charge on any atom is -0.379 e. The standard InChI is InChI=1S/C16H31NO2/c1-15(2,19-5)13-10-14(18)16(17(3)4)11-8-6-7-9-12-16/h6-13H2,1-5H3. The van der Waals surface area contributed by atoms with Crippen LogP contribution in [0.25, 0.3) is 0 Å². The number of hydrogen-bond acceptors (Lipinski definition) is 3. The predicted molar refractivity (Wildman–Crippen MR) is 79.4 cm³/mol. The normalized spacial score (nSPS) is 20.3. The average Bonchev–Trinajstić information content (AvgIpc) is 2.62. The Morgan fingerprint density at radius 2 is 1.68 bits per heavy atom. The van der Waals surface area contributed by atoms with Gasteiger partial charge in [0.1, 0.15) is 0 Å². The lowest BCUT2D eigenvalue weighted by Gasteiger charge is -2.38. The number of rotatable bonds is 6. The molecule has 112 valence electrons. The van der Waals surface area contributed by atoms with Crippen LogP contribution in [-0.2, 0) is 9.53 Å². The third-order valence-electron chi connectivity index (χ3n) is 4.81. The molecule has 3 nitrogen and oxygen atoms in total. The van der Waals surface area contributed by atoms with Crippen molar-refractivity contribution in [1.82, 2.24) is 4.90 Å². The maximum Gasteiger partial charge on any atom is 0.153 e. The SMILES string of the molecule is COC(C)(C)CCC(=O)C1(N(C)C)CCCCCC1. The number of carbonyl (C=O) groups excluding carboxylic acids is 1. The molecule has 1 aliphatic carbocycles. The van der Waals surface area contributed by atoms with E-state index < -0.39 is 0 Å². The number of Topliss-reactive ketones (excluding diaryl/α,β-unsaturated/α-hetero) is 1. The Balaban J connectivity index is 2.73. The third-order valence-corrected chi connectivity index (χ3v) is 4.81. The maximum absolute atomic E-state index is 12.8. The van der Waals surface area contributed by atoms with Crippen LogP contribution in [0.15, 0.2) is 0 Å². The van der Waals surface area contributed by atoms with Crippen molar-refractivity contribution in [3.8, 4) is 0 Å². The number of methoxy groups -OCH3 is 1. The second-order valence-electron chi connectivity index (χ2n) is 6.73. The molecule has 0 N–H and O–H groups in total. The van der Waals surface area contributed by atoms with Crippen LogP contribution in [0.5, 0.6) is 0 Å². The van der Waals surface area contributed by atoms with E-state index in [1.54, 1.807) is 7.11 Å².